The Labute approximate surface area is 137 Å². The number of nitrogens with zero attached hydrogens (tertiary/aromatic N) is 2. The number of hydrogen-bond acceptors (Lipinski definition) is 2. The molecule has 126 valence electrons. The van der Waals surface area contributed by atoms with Gasteiger partial charge in [0.2, 0.25) is 5.91 Å². The summed E-state index contributed by atoms with van der Waals surface area (Å²) in [5.41, 5.74) is 5.92. The lowest BCUT2D eigenvalue weighted by Gasteiger charge is -2.25. The highest BCUT2D eigenvalue weighted by molar-refractivity contribution is 5.99. The fourth-order valence-corrected chi connectivity index (χ4v) is 3.16. The molecule has 1 atom stereocenters. The Kier molecular flexibility index (Phi) is 4.09. The number of hydrogen-bond donors (Lipinski definition) is 1. The summed E-state index contributed by atoms with van der Waals surface area (Å²) in [5, 5.41) is 0. The zero-order chi connectivity index (χ0) is 17.4. The van der Waals surface area contributed by atoms with E-state index in [1.807, 2.05) is 0 Å². The number of primary amides is 1. The molecule has 0 spiro atoms. The van der Waals surface area contributed by atoms with Gasteiger partial charge in [-0.25, -0.2) is 8.78 Å². The van der Waals surface area contributed by atoms with Crippen molar-refractivity contribution in [1.82, 2.24) is 9.47 Å². The van der Waals surface area contributed by atoms with Crippen molar-refractivity contribution in [3.63, 3.8) is 0 Å². The molecule has 1 aliphatic heterocycles. The summed E-state index contributed by atoms with van der Waals surface area (Å²) in [7, 11) is 1.63. The number of aryl methyl sites for hydroxylation is 1. The van der Waals surface area contributed by atoms with Crippen LogP contribution in [0.4, 0.5) is 8.78 Å². The highest BCUT2D eigenvalue weighted by atomic mass is 19.1. The van der Waals surface area contributed by atoms with Crippen LogP contribution in [0.3, 0.4) is 0 Å². The summed E-state index contributed by atoms with van der Waals surface area (Å²) in [4.78, 5) is 25.6. The average Bonchev–Trinajstić information content (AvgIpc) is 3.15. The highest BCUT2D eigenvalue weighted by Gasteiger charge is 2.33. The largest absolute Gasteiger partial charge is 0.366 e. The second kappa shape index (κ2) is 6.07. The lowest BCUT2D eigenvalue weighted by molar-refractivity contribution is 0.0723. The van der Waals surface area contributed by atoms with E-state index >= 15 is 0 Å². The molecule has 7 heteroatoms. The van der Waals surface area contributed by atoms with Crippen LogP contribution in [0.5, 0.6) is 0 Å². The Balaban J connectivity index is 1.94. The van der Waals surface area contributed by atoms with Gasteiger partial charge < -0.3 is 15.2 Å². The number of benzene rings is 1. The van der Waals surface area contributed by atoms with Crippen LogP contribution in [0, 0.1) is 11.6 Å². The second-order valence-corrected chi connectivity index (χ2v) is 5.91. The third-order valence-corrected chi connectivity index (χ3v) is 4.34. The summed E-state index contributed by atoms with van der Waals surface area (Å²) in [6.07, 6.45) is 2.72. The summed E-state index contributed by atoms with van der Waals surface area (Å²) < 4.78 is 29.1. The van der Waals surface area contributed by atoms with E-state index in [0.29, 0.717) is 19.4 Å². The monoisotopic (exact) mass is 333 g/mol. The van der Waals surface area contributed by atoms with Gasteiger partial charge in [0.25, 0.3) is 5.91 Å². The van der Waals surface area contributed by atoms with Gasteiger partial charge in [-0.15, -0.1) is 0 Å². The van der Waals surface area contributed by atoms with Gasteiger partial charge in [0, 0.05) is 25.4 Å². The topological polar surface area (TPSA) is 68.3 Å². The summed E-state index contributed by atoms with van der Waals surface area (Å²) in [5.74, 6) is -2.04. The zero-order valence-electron chi connectivity index (χ0n) is 13.1. The van der Waals surface area contributed by atoms with Crippen molar-refractivity contribution in [2.24, 2.45) is 12.8 Å². The predicted molar refractivity (Wildman–Crippen MR) is 83.3 cm³/mol. The Hall–Kier alpha value is -2.70. The van der Waals surface area contributed by atoms with E-state index in [2.05, 4.69) is 0 Å². The van der Waals surface area contributed by atoms with E-state index < -0.39 is 23.6 Å². The van der Waals surface area contributed by atoms with Crippen molar-refractivity contribution >= 4 is 11.8 Å². The maximum absolute atomic E-state index is 14.1. The Morgan fingerprint density at radius 3 is 2.67 bits per heavy atom. The molecular formula is C17H17F2N3O2. The SMILES string of the molecule is Cn1cc(C(N)=O)cc1C(=O)N1CCCC1c1cc(F)ccc1F. The van der Waals surface area contributed by atoms with E-state index in [9.17, 15) is 18.4 Å². The number of halogens is 2. The minimum atomic E-state index is -0.626. The first-order chi connectivity index (χ1) is 11.4. The van der Waals surface area contributed by atoms with Crippen molar-refractivity contribution in [2.45, 2.75) is 18.9 Å². The molecule has 2 heterocycles. The van der Waals surface area contributed by atoms with Crippen LogP contribution >= 0.6 is 0 Å². The van der Waals surface area contributed by atoms with Crippen molar-refractivity contribution in [2.75, 3.05) is 6.54 Å². The van der Waals surface area contributed by atoms with Crippen molar-refractivity contribution in [1.29, 1.82) is 0 Å². The Morgan fingerprint density at radius 2 is 2.00 bits per heavy atom. The summed E-state index contributed by atoms with van der Waals surface area (Å²) in [6, 6.07) is 4.14. The Bertz CT molecular complexity index is 816. The molecule has 1 aromatic heterocycles. The fourth-order valence-electron chi connectivity index (χ4n) is 3.16. The van der Waals surface area contributed by atoms with E-state index in [1.54, 1.807) is 7.05 Å². The number of aromatic nitrogens is 1. The van der Waals surface area contributed by atoms with Gasteiger partial charge in [-0.05, 0) is 37.1 Å². The molecule has 1 fully saturated rings. The molecule has 2 amide bonds. The van der Waals surface area contributed by atoms with Crippen LogP contribution in [0.2, 0.25) is 0 Å². The van der Waals surface area contributed by atoms with Crippen LogP contribution in [0.1, 0.15) is 45.3 Å². The molecule has 0 saturated carbocycles. The number of amides is 2. The number of carbonyl (C=O) groups excluding carboxylic acids is 2. The Morgan fingerprint density at radius 1 is 1.25 bits per heavy atom. The smallest absolute Gasteiger partial charge is 0.271 e. The van der Waals surface area contributed by atoms with E-state index in [4.69, 9.17) is 5.73 Å². The lowest BCUT2D eigenvalue weighted by atomic mass is 10.0. The normalized spacial score (nSPS) is 17.3. The predicted octanol–water partition coefficient (Wildman–Crippen LogP) is 2.38. The summed E-state index contributed by atoms with van der Waals surface area (Å²) >= 11 is 0. The van der Waals surface area contributed by atoms with Gasteiger partial charge in [0.15, 0.2) is 0 Å². The molecule has 2 aromatic rings. The molecule has 2 N–H and O–H groups in total. The highest BCUT2D eigenvalue weighted by Crippen LogP contribution is 2.35. The molecule has 1 aromatic carbocycles. The van der Waals surface area contributed by atoms with E-state index in [1.165, 1.54) is 21.7 Å². The minimum absolute atomic E-state index is 0.171. The van der Waals surface area contributed by atoms with Gasteiger partial charge in [0.1, 0.15) is 17.3 Å². The molecule has 0 bridgehead atoms. The average molecular weight is 333 g/mol. The number of carbonyl (C=O) groups is 2. The third kappa shape index (κ3) is 2.77. The third-order valence-electron chi connectivity index (χ3n) is 4.34. The zero-order valence-corrected chi connectivity index (χ0v) is 13.1. The minimum Gasteiger partial charge on any atom is -0.366 e. The maximum atomic E-state index is 14.1. The van der Waals surface area contributed by atoms with Crippen LogP contribution in [-0.4, -0.2) is 27.8 Å². The molecule has 5 nitrogen and oxygen atoms in total. The van der Waals surface area contributed by atoms with Crippen LogP contribution in [0.25, 0.3) is 0 Å². The van der Waals surface area contributed by atoms with Gasteiger partial charge in [0.05, 0.1) is 11.6 Å². The number of nitrogens with two attached hydrogens (primary N) is 1. The number of rotatable bonds is 3. The molecule has 24 heavy (non-hydrogen) atoms. The molecule has 3 rings (SSSR count). The van der Waals surface area contributed by atoms with E-state index in [-0.39, 0.29) is 22.7 Å². The summed E-state index contributed by atoms with van der Waals surface area (Å²) in [6.45, 7) is 0.441. The molecular weight excluding hydrogens is 316 g/mol. The molecule has 1 saturated heterocycles. The maximum Gasteiger partial charge on any atom is 0.271 e. The van der Waals surface area contributed by atoms with Crippen molar-refractivity contribution < 1.29 is 18.4 Å². The molecule has 1 aliphatic rings. The van der Waals surface area contributed by atoms with Crippen LogP contribution < -0.4 is 5.73 Å². The van der Waals surface area contributed by atoms with Gasteiger partial charge in [-0.3, -0.25) is 9.59 Å². The van der Waals surface area contributed by atoms with Crippen LogP contribution in [-0.2, 0) is 7.05 Å². The standard InChI is InChI=1S/C17H17F2N3O2/c1-21-9-10(16(20)23)7-15(21)17(24)22-6-2-3-14(22)12-8-11(18)4-5-13(12)19/h4-5,7-9,14H,2-3,6H2,1H3,(H2,20,23). The molecule has 0 radical (unpaired) electrons. The fraction of sp³-hybridized carbons (Fsp3) is 0.294. The van der Waals surface area contributed by atoms with Crippen molar-refractivity contribution in [3.05, 3.63) is 58.9 Å². The first kappa shape index (κ1) is 16.2. The van der Waals surface area contributed by atoms with Gasteiger partial charge in [-0.2, -0.15) is 0 Å². The first-order valence-electron chi connectivity index (χ1n) is 7.60. The molecule has 0 aliphatic carbocycles. The van der Waals surface area contributed by atoms with E-state index in [0.717, 1.165) is 18.2 Å². The van der Waals surface area contributed by atoms with Crippen LogP contribution in [0.15, 0.2) is 30.5 Å². The quantitative estimate of drug-likeness (QED) is 0.937. The van der Waals surface area contributed by atoms with Gasteiger partial charge >= 0.3 is 0 Å². The second-order valence-electron chi connectivity index (χ2n) is 5.91. The first-order valence-corrected chi connectivity index (χ1v) is 7.60. The number of likely N-dealkylation sites (tertiary alicyclic amines) is 1. The lowest BCUT2D eigenvalue weighted by Crippen LogP contribution is -2.32. The van der Waals surface area contributed by atoms with Gasteiger partial charge in [-0.1, -0.05) is 0 Å². The molecule has 1 unspecified atom stereocenters. The van der Waals surface area contributed by atoms with Crippen molar-refractivity contribution in [3.8, 4) is 0 Å².